The lowest BCUT2D eigenvalue weighted by Gasteiger charge is -2.15. The first-order chi connectivity index (χ1) is 14.2. The Morgan fingerprint density at radius 2 is 1.79 bits per heavy atom. The molecule has 0 aliphatic heterocycles. The average Bonchev–Trinajstić information content (AvgIpc) is 3.59. The molecule has 0 bridgehead atoms. The molecule has 0 atom stereocenters. The van der Waals surface area contributed by atoms with Crippen LogP contribution >= 0.6 is 0 Å². The van der Waals surface area contributed by atoms with Crippen LogP contribution in [0.4, 0.5) is 0 Å². The molecule has 2 aromatic carbocycles. The zero-order valence-electron chi connectivity index (χ0n) is 17.5. The summed E-state index contributed by atoms with van der Waals surface area (Å²) >= 11 is 0. The number of rotatable bonds is 10. The largest absolute Gasteiger partial charge is 0.493 e. The maximum absolute atomic E-state index is 5.98. The van der Waals surface area contributed by atoms with Crippen LogP contribution in [-0.4, -0.2) is 40.4 Å². The second-order valence-corrected chi connectivity index (χ2v) is 7.15. The molecule has 1 aliphatic rings. The summed E-state index contributed by atoms with van der Waals surface area (Å²) in [6, 6.07) is 14.2. The summed E-state index contributed by atoms with van der Waals surface area (Å²) in [4.78, 5) is 4.32. The third-order valence-electron chi connectivity index (χ3n) is 4.97. The number of benzene rings is 2. The fourth-order valence-electron chi connectivity index (χ4n) is 3.04. The van der Waals surface area contributed by atoms with Crippen molar-refractivity contribution in [3.63, 3.8) is 0 Å². The highest BCUT2D eigenvalue weighted by atomic mass is 16.5. The molecule has 1 aliphatic carbocycles. The van der Waals surface area contributed by atoms with Crippen LogP contribution in [0.25, 0.3) is 0 Å². The molecule has 0 unspecified atom stereocenters. The van der Waals surface area contributed by atoms with Gasteiger partial charge in [-0.25, -0.2) is 0 Å². The number of methoxy groups -OCH3 is 2. The van der Waals surface area contributed by atoms with Crippen LogP contribution in [0.1, 0.15) is 24.0 Å². The number of hydrogen-bond donors (Lipinski definition) is 2. The SMILES string of the molecule is CN=C(NCCc1ccc(OC)c(OC)c1)NCc1ccccc1OCC1CC1. The highest BCUT2D eigenvalue weighted by molar-refractivity contribution is 5.79. The molecular weight excluding hydrogens is 366 g/mol. The second kappa shape index (κ2) is 10.6. The van der Waals surface area contributed by atoms with Crippen molar-refractivity contribution in [2.24, 2.45) is 10.9 Å². The number of hydrogen-bond acceptors (Lipinski definition) is 4. The van der Waals surface area contributed by atoms with Crippen LogP contribution in [0.2, 0.25) is 0 Å². The predicted molar refractivity (Wildman–Crippen MR) is 116 cm³/mol. The minimum atomic E-state index is 0.664. The van der Waals surface area contributed by atoms with Gasteiger partial charge in [0.2, 0.25) is 0 Å². The van der Waals surface area contributed by atoms with Gasteiger partial charge in [-0.1, -0.05) is 24.3 Å². The van der Waals surface area contributed by atoms with Crippen LogP contribution in [0.3, 0.4) is 0 Å². The first-order valence-electron chi connectivity index (χ1n) is 10.1. The van der Waals surface area contributed by atoms with Crippen molar-refractivity contribution in [2.75, 3.05) is 34.4 Å². The molecule has 6 heteroatoms. The number of para-hydroxylation sites is 1. The van der Waals surface area contributed by atoms with E-state index < -0.39 is 0 Å². The number of aliphatic imine (C=N–C) groups is 1. The molecule has 0 amide bonds. The smallest absolute Gasteiger partial charge is 0.191 e. The lowest BCUT2D eigenvalue weighted by atomic mass is 10.1. The van der Waals surface area contributed by atoms with E-state index in [1.165, 1.54) is 18.4 Å². The van der Waals surface area contributed by atoms with E-state index in [1.807, 2.05) is 36.4 Å². The first-order valence-corrected chi connectivity index (χ1v) is 10.1. The lowest BCUT2D eigenvalue weighted by Crippen LogP contribution is -2.37. The Morgan fingerprint density at radius 1 is 1.00 bits per heavy atom. The van der Waals surface area contributed by atoms with Crippen molar-refractivity contribution >= 4 is 5.96 Å². The van der Waals surface area contributed by atoms with Crippen molar-refractivity contribution in [1.82, 2.24) is 10.6 Å². The van der Waals surface area contributed by atoms with Crippen LogP contribution in [0, 0.1) is 5.92 Å². The van der Waals surface area contributed by atoms with Gasteiger partial charge in [-0.3, -0.25) is 4.99 Å². The molecule has 6 nitrogen and oxygen atoms in total. The highest BCUT2D eigenvalue weighted by Crippen LogP contribution is 2.30. The van der Waals surface area contributed by atoms with Gasteiger partial charge in [0, 0.05) is 25.7 Å². The van der Waals surface area contributed by atoms with Crippen molar-refractivity contribution in [3.05, 3.63) is 53.6 Å². The molecule has 0 heterocycles. The van der Waals surface area contributed by atoms with E-state index in [0.29, 0.717) is 6.54 Å². The molecular formula is C23H31N3O3. The molecule has 3 rings (SSSR count). The van der Waals surface area contributed by atoms with Gasteiger partial charge >= 0.3 is 0 Å². The van der Waals surface area contributed by atoms with E-state index in [9.17, 15) is 0 Å². The molecule has 0 aromatic heterocycles. The average molecular weight is 398 g/mol. The molecule has 2 N–H and O–H groups in total. The van der Waals surface area contributed by atoms with Gasteiger partial charge in [0.05, 0.1) is 20.8 Å². The van der Waals surface area contributed by atoms with Crippen LogP contribution < -0.4 is 24.8 Å². The normalized spacial score (nSPS) is 13.7. The fraction of sp³-hybridized carbons (Fsp3) is 0.435. The first kappa shape index (κ1) is 20.8. The Labute approximate surface area is 173 Å². The van der Waals surface area contributed by atoms with E-state index in [4.69, 9.17) is 14.2 Å². The van der Waals surface area contributed by atoms with E-state index >= 15 is 0 Å². The Kier molecular flexibility index (Phi) is 7.61. The Morgan fingerprint density at radius 3 is 2.52 bits per heavy atom. The lowest BCUT2D eigenvalue weighted by molar-refractivity contribution is 0.296. The van der Waals surface area contributed by atoms with Gasteiger partial charge in [-0.15, -0.1) is 0 Å². The molecule has 29 heavy (non-hydrogen) atoms. The summed E-state index contributed by atoms with van der Waals surface area (Å²) in [5.74, 6) is 3.94. The van der Waals surface area contributed by atoms with E-state index in [0.717, 1.165) is 54.3 Å². The van der Waals surface area contributed by atoms with E-state index in [2.05, 4.69) is 21.7 Å². The summed E-state index contributed by atoms with van der Waals surface area (Å²) in [7, 11) is 5.07. The molecule has 1 saturated carbocycles. The topological polar surface area (TPSA) is 64.1 Å². The van der Waals surface area contributed by atoms with Gasteiger partial charge < -0.3 is 24.8 Å². The van der Waals surface area contributed by atoms with Crippen LogP contribution in [0.5, 0.6) is 17.2 Å². The van der Waals surface area contributed by atoms with Crippen molar-refractivity contribution in [3.8, 4) is 17.2 Å². The maximum Gasteiger partial charge on any atom is 0.191 e. The highest BCUT2D eigenvalue weighted by Gasteiger charge is 2.22. The predicted octanol–water partition coefficient (Wildman–Crippen LogP) is 3.40. The monoisotopic (exact) mass is 397 g/mol. The summed E-state index contributed by atoms with van der Waals surface area (Å²) in [5.41, 5.74) is 2.31. The molecule has 0 spiro atoms. The summed E-state index contributed by atoms with van der Waals surface area (Å²) in [6.45, 7) is 2.24. The minimum Gasteiger partial charge on any atom is -0.493 e. The molecule has 156 valence electrons. The maximum atomic E-state index is 5.98. The Bertz CT molecular complexity index is 819. The zero-order valence-corrected chi connectivity index (χ0v) is 17.5. The number of nitrogens with zero attached hydrogens (tertiary/aromatic N) is 1. The molecule has 1 fully saturated rings. The van der Waals surface area contributed by atoms with Gasteiger partial charge in [0.15, 0.2) is 17.5 Å². The van der Waals surface area contributed by atoms with E-state index in [1.54, 1.807) is 21.3 Å². The second-order valence-electron chi connectivity index (χ2n) is 7.15. The summed E-state index contributed by atoms with van der Waals surface area (Å²) < 4.78 is 16.6. The standard InChI is InChI=1S/C23H31N3O3/c1-24-23(25-13-12-17-10-11-21(27-2)22(14-17)28-3)26-15-19-6-4-5-7-20(19)29-16-18-8-9-18/h4-7,10-11,14,18H,8-9,12-13,15-16H2,1-3H3,(H2,24,25,26). The summed E-state index contributed by atoms with van der Waals surface area (Å²) in [5, 5.41) is 6.73. The van der Waals surface area contributed by atoms with Gasteiger partial charge in [0.25, 0.3) is 0 Å². The van der Waals surface area contributed by atoms with Crippen LogP contribution in [0.15, 0.2) is 47.5 Å². The Hall–Kier alpha value is -2.89. The number of ether oxygens (including phenoxy) is 3. The molecule has 0 saturated heterocycles. The fourth-order valence-corrected chi connectivity index (χ4v) is 3.04. The minimum absolute atomic E-state index is 0.664. The number of guanidine groups is 1. The van der Waals surface area contributed by atoms with Crippen molar-refractivity contribution in [2.45, 2.75) is 25.8 Å². The zero-order chi connectivity index (χ0) is 20.5. The third kappa shape index (κ3) is 6.31. The third-order valence-corrected chi connectivity index (χ3v) is 4.97. The van der Waals surface area contributed by atoms with Crippen LogP contribution in [-0.2, 0) is 13.0 Å². The quantitative estimate of drug-likeness (QED) is 0.475. The summed E-state index contributed by atoms with van der Waals surface area (Å²) in [6.07, 6.45) is 3.43. The van der Waals surface area contributed by atoms with Crippen molar-refractivity contribution < 1.29 is 14.2 Å². The molecule has 2 aromatic rings. The van der Waals surface area contributed by atoms with Gasteiger partial charge in [-0.2, -0.15) is 0 Å². The van der Waals surface area contributed by atoms with Gasteiger partial charge in [0.1, 0.15) is 5.75 Å². The van der Waals surface area contributed by atoms with Gasteiger partial charge in [-0.05, 0) is 48.9 Å². The molecule has 0 radical (unpaired) electrons. The van der Waals surface area contributed by atoms with E-state index in [-0.39, 0.29) is 0 Å². The Balaban J connectivity index is 1.47. The van der Waals surface area contributed by atoms with Crippen molar-refractivity contribution in [1.29, 1.82) is 0 Å². The number of nitrogens with one attached hydrogen (secondary N) is 2.